The molecule has 2 aromatic rings. The first-order valence-electron chi connectivity index (χ1n) is 4.31. The van der Waals surface area contributed by atoms with Gasteiger partial charge >= 0.3 is 0 Å². The van der Waals surface area contributed by atoms with E-state index < -0.39 is 0 Å². The lowest BCUT2D eigenvalue weighted by Gasteiger charge is -1.91. The fraction of sp³-hybridized carbons (Fsp3) is 0. The number of aromatic nitrogens is 3. The molecule has 0 aliphatic rings. The maximum absolute atomic E-state index is 3.94. The van der Waals surface area contributed by atoms with Gasteiger partial charge in [0.25, 0.3) is 0 Å². The Kier molecular flexibility index (Phi) is 2.62. The van der Waals surface area contributed by atoms with Crippen LogP contribution in [-0.4, -0.2) is 15.2 Å². The number of rotatable bonds is 2. The molecule has 0 amide bonds. The molecule has 0 fully saturated rings. The first-order valence-corrected chi connectivity index (χ1v) is 4.31. The Morgan fingerprint density at radius 1 is 0.929 bits per heavy atom. The van der Waals surface area contributed by atoms with Crippen LogP contribution in [0.15, 0.2) is 42.9 Å². The average Bonchev–Trinajstić information content (AvgIpc) is 2.29. The highest BCUT2D eigenvalue weighted by Crippen LogP contribution is 2.03. The molecule has 0 N–H and O–H groups in total. The second-order valence-corrected chi connectivity index (χ2v) is 2.76. The predicted octanol–water partition coefficient (Wildman–Crippen LogP) is 2.04. The molecule has 0 radical (unpaired) electrons. The second-order valence-electron chi connectivity index (χ2n) is 2.76. The highest BCUT2D eigenvalue weighted by molar-refractivity contribution is 5.67. The van der Waals surface area contributed by atoms with Gasteiger partial charge in [0.2, 0.25) is 0 Å². The van der Waals surface area contributed by atoms with Gasteiger partial charge in [-0.05, 0) is 35.9 Å². The summed E-state index contributed by atoms with van der Waals surface area (Å²) in [5.41, 5.74) is 1.95. The van der Waals surface area contributed by atoms with Crippen molar-refractivity contribution < 1.29 is 0 Å². The number of hydrogen-bond acceptors (Lipinski definition) is 3. The summed E-state index contributed by atoms with van der Waals surface area (Å²) in [5, 5.41) is 7.72. The standard InChI is InChI=1S/C11H9N3/c1-2-11(14-13-7-1)4-3-10-5-8-12-9-6-10/h1-9H/b4-3+. The summed E-state index contributed by atoms with van der Waals surface area (Å²) in [6.45, 7) is 0. The predicted molar refractivity (Wildman–Crippen MR) is 55.2 cm³/mol. The Morgan fingerprint density at radius 3 is 2.50 bits per heavy atom. The van der Waals surface area contributed by atoms with Crippen molar-refractivity contribution in [3.8, 4) is 0 Å². The molecule has 2 rings (SSSR count). The Labute approximate surface area is 82.2 Å². The third-order valence-corrected chi connectivity index (χ3v) is 1.75. The van der Waals surface area contributed by atoms with Gasteiger partial charge in [0, 0.05) is 18.6 Å². The van der Waals surface area contributed by atoms with E-state index in [-0.39, 0.29) is 0 Å². The van der Waals surface area contributed by atoms with E-state index >= 15 is 0 Å². The summed E-state index contributed by atoms with van der Waals surface area (Å²) >= 11 is 0. The van der Waals surface area contributed by atoms with E-state index in [4.69, 9.17) is 0 Å². The van der Waals surface area contributed by atoms with Crippen LogP contribution >= 0.6 is 0 Å². The number of hydrogen-bond donors (Lipinski definition) is 0. The van der Waals surface area contributed by atoms with Gasteiger partial charge in [-0.15, -0.1) is 0 Å². The lowest BCUT2D eigenvalue weighted by atomic mass is 10.2. The molecule has 0 spiro atoms. The van der Waals surface area contributed by atoms with E-state index in [2.05, 4.69) is 15.2 Å². The quantitative estimate of drug-likeness (QED) is 0.715. The van der Waals surface area contributed by atoms with Crippen LogP contribution in [0, 0.1) is 0 Å². The molecular weight excluding hydrogens is 174 g/mol. The molecule has 2 heterocycles. The molecule has 2 aromatic heterocycles. The molecule has 68 valence electrons. The van der Waals surface area contributed by atoms with Gasteiger partial charge in [0.15, 0.2) is 0 Å². The minimum absolute atomic E-state index is 0.851. The Hall–Kier alpha value is -2.03. The molecule has 14 heavy (non-hydrogen) atoms. The van der Waals surface area contributed by atoms with Crippen LogP contribution in [0.3, 0.4) is 0 Å². The van der Waals surface area contributed by atoms with Crippen LogP contribution in [0.4, 0.5) is 0 Å². The lowest BCUT2D eigenvalue weighted by Crippen LogP contribution is -1.82. The summed E-state index contributed by atoms with van der Waals surface area (Å²) < 4.78 is 0. The summed E-state index contributed by atoms with van der Waals surface area (Å²) in [6, 6.07) is 7.64. The molecule has 3 heteroatoms. The monoisotopic (exact) mass is 183 g/mol. The minimum atomic E-state index is 0.851. The smallest absolute Gasteiger partial charge is 0.0857 e. The Bertz CT molecular complexity index is 368. The van der Waals surface area contributed by atoms with Crippen LogP contribution in [-0.2, 0) is 0 Å². The molecule has 0 unspecified atom stereocenters. The molecule has 0 saturated heterocycles. The van der Waals surface area contributed by atoms with Crippen molar-refractivity contribution in [1.29, 1.82) is 0 Å². The molecule has 0 saturated carbocycles. The third-order valence-electron chi connectivity index (χ3n) is 1.75. The van der Waals surface area contributed by atoms with Crippen LogP contribution < -0.4 is 0 Å². The maximum atomic E-state index is 3.94. The van der Waals surface area contributed by atoms with Crippen molar-refractivity contribution in [2.24, 2.45) is 0 Å². The van der Waals surface area contributed by atoms with E-state index in [0.29, 0.717) is 0 Å². The van der Waals surface area contributed by atoms with E-state index in [0.717, 1.165) is 11.3 Å². The fourth-order valence-electron chi connectivity index (χ4n) is 1.06. The molecule has 0 aliphatic carbocycles. The largest absolute Gasteiger partial charge is 0.265 e. The third kappa shape index (κ3) is 2.23. The van der Waals surface area contributed by atoms with Gasteiger partial charge < -0.3 is 0 Å². The zero-order chi connectivity index (χ0) is 9.64. The van der Waals surface area contributed by atoms with Gasteiger partial charge in [0.05, 0.1) is 5.69 Å². The van der Waals surface area contributed by atoms with Gasteiger partial charge in [-0.1, -0.05) is 6.08 Å². The van der Waals surface area contributed by atoms with E-state index in [1.807, 2.05) is 36.4 Å². The summed E-state index contributed by atoms with van der Waals surface area (Å²) in [5.74, 6) is 0. The molecular formula is C11H9N3. The average molecular weight is 183 g/mol. The van der Waals surface area contributed by atoms with Crippen molar-refractivity contribution in [3.63, 3.8) is 0 Å². The molecule has 0 aromatic carbocycles. The fourth-order valence-corrected chi connectivity index (χ4v) is 1.06. The number of nitrogens with zero attached hydrogens (tertiary/aromatic N) is 3. The number of pyridine rings is 1. The Balaban J connectivity index is 2.16. The highest BCUT2D eigenvalue weighted by atomic mass is 15.1. The summed E-state index contributed by atoms with van der Waals surface area (Å²) in [4.78, 5) is 3.94. The second kappa shape index (κ2) is 4.28. The first kappa shape index (κ1) is 8.56. The molecule has 0 atom stereocenters. The van der Waals surface area contributed by atoms with Gasteiger partial charge in [-0.25, -0.2) is 0 Å². The van der Waals surface area contributed by atoms with Gasteiger partial charge in [-0.2, -0.15) is 10.2 Å². The molecule has 0 bridgehead atoms. The normalized spacial score (nSPS) is 10.6. The van der Waals surface area contributed by atoms with Crippen molar-refractivity contribution in [2.45, 2.75) is 0 Å². The first-order chi connectivity index (χ1) is 6.95. The lowest BCUT2D eigenvalue weighted by molar-refractivity contribution is 1.02. The van der Waals surface area contributed by atoms with Crippen molar-refractivity contribution in [3.05, 3.63) is 54.1 Å². The summed E-state index contributed by atoms with van der Waals surface area (Å²) in [6.07, 6.45) is 9.07. The minimum Gasteiger partial charge on any atom is -0.265 e. The zero-order valence-corrected chi connectivity index (χ0v) is 7.54. The Morgan fingerprint density at radius 2 is 1.79 bits per heavy atom. The van der Waals surface area contributed by atoms with Crippen molar-refractivity contribution >= 4 is 12.2 Å². The van der Waals surface area contributed by atoms with Crippen LogP contribution in [0.25, 0.3) is 12.2 Å². The van der Waals surface area contributed by atoms with Gasteiger partial charge in [0.1, 0.15) is 0 Å². The van der Waals surface area contributed by atoms with Gasteiger partial charge in [-0.3, -0.25) is 4.98 Å². The van der Waals surface area contributed by atoms with E-state index in [9.17, 15) is 0 Å². The highest BCUT2D eigenvalue weighted by Gasteiger charge is 1.86. The molecule has 3 nitrogen and oxygen atoms in total. The summed E-state index contributed by atoms with van der Waals surface area (Å²) in [7, 11) is 0. The topological polar surface area (TPSA) is 38.7 Å². The zero-order valence-electron chi connectivity index (χ0n) is 7.54. The maximum Gasteiger partial charge on any atom is 0.0857 e. The van der Waals surface area contributed by atoms with E-state index in [1.54, 1.807) is 18.6 Å². The van der Waals surface area contributed by atoms with Crippen LogP contribution in [0.1, 0.15) is 11.3 Å². The molecule has 0 aliphatic heterocycles. The van der Waals surface area contributed by atoms with E-state index in [1.165, 1.54) is 0 Å². The van der Waals surface area contributed by atoms with Crippen molar-refractivity contribution in [1.82, 2.24) is 15.2 Å². The van der Waals surface area contributed by atoms with Crippen LogP contribution in [0.5, 0.6) is 0 Å². The van der Waals surface area contributed by atoms with Crippen LogP contribution in [0.2, 0.25) is 0 Å². The van der Waals surface area contributed by atoms with Crippen molar-refractivity contribution in [2.75, 3.05) is 0 Å². The SMILES string of the molecule is C(=C\c1cccnn1)/c1ccncc1.